The Bertz CT molecular complexity index is 1230. The van der Waals surface area contributed by atoms with Crippen LogP contribution in [-0.2, 0) is 11.3 Å². The number of anilines is 2. The number of pyridine rings is 2. The summed E-state index contributed by atoms with van der Waals surface area (Å²) in [5.41, 5.74) is 4.22. The first-order chi connectivity index (χ1) is 15.7. The molecule has 0 bridgehead atoms. The molecule has 6 nitrogen and oxygen atoms in total. The molecule has 0 unspecified atom stereocenters. The summed E-state index contributed by atoms with van der Waals surface area (Å²) in [6.07, 6.45) is 11.8. The highest BCUT2D eigenvalue weighted by molar-refractivity contribution is 7.16. The van der Waals surface area contributed by atoms with Crippen molar-refractivity contribution in [2.24, 2.45) is 0 Å². The van der Waals surface area contributed by atoms with E-state index in [9.17, 15) is 4.79 Å². The van der Waals surface area contributed by atoms with Crippen molar-refractivity contribution in [3.8, 4) is 0 Å². The van der Waals surface area contributed by atoms with Crippen molar-refractivity contribution < 1.29 is 4.79 Å². The zero-order valence-electron chi connectivity index (χ0n) is 17.5. The van der Waals surface area contributed by atoms with E-state index in [0.717, 1.165) is 33.2 Å². The van der Waals surface area contributed by atoms with E-state index in [1.807, 2.05) is 12.1 Å². The standard InChI is InChI=1S/C17H17N5O.C7H7ClS/c23-11-20-16-7-14(5-6-18-16)19-8-15-10-22-9-13(12-1-2-12)3-4-17(22)21-15;8-7-4-3-6(9-7)5-1-2-5/h3-7,9-12H,1-2,8H2,(H2,18,19,20,23);3-5H,1-2H2. The van der Waals surface area contributed by atoms with Crippen LogP contribution in [0, 0.1) is 0 Å². The van der Waals surface area contributed by atoms with E-state index in [1.165, 1.54) is 36.1 Å². The van der Waals surface area contributed by atoms with Gasteiger partial charge in [-0.15, -0.1) is 11.3 Å². The van der Waals surface area contributed by atoms with E-state index >= 15 is 0 Å². The SMILES string of the molecule is Clc1ccc(C2CC2)s1.O=CNc1cc(NCc2cn3cc(C4CC4)ccc3n2)ccn1. The molecule has 2 aliphatic carbocycles. The molecule has 2 aliphatic rings. The summed E-state index contributed by atoms with van der Waals surface area (Å²) in [6.45, 7) is 0.616. The number of carbonyl (C=O) groups is 1. The van der Waals surface area contributed by atoms with Crippen LogP contribution in [-0.4, -0.2) is 20.8 Å². The number of carbonyl (C=O) groups excluding carboxylic acids is 1. The second-order valence-corrected chi connectivity index (χ2v) is 9.94. The average molecular weight is 466 g/mol. The lowest BCUT2D eigenvalue weighted by molar-refractivity contribution is -0.105. The van der Waals surface area contributed by atoms with Crippen molar-refractivity contribution in [2.45, 2.75) is 44.1 Å². The largest absolute Gasteiger partial charge is 0.379 e. The van der Waals surface area contributed by atoms with Crippen LogP contribution in [0.15, 0.2) is 55.0 Å². The molecule has 4 aromatic heterocycles. The number of thiophene rings is 1. The van der Waals surface area contributed by atoms with Crippen LogP contribution in [0.3, 0.4) is 0 Å². The molecule has 2 saturated carbocycles. The monoisotopic (exact) mass is 465 g/mol. The third-order valence-electron chi connectivity index (χ3n) is 5.59. The fourth-order valence-electron chi connectivity index (χ4n) is 3.59. The summed E-state index contributed by atoms with van der Waals surface area (Å²) in [7, 11) is 0. The van der Waals surface area contributed by atoms with Crippen LogP contribution in [0.25, 0.3) is 5.65 Å². The first-order valence-corrected chi connectivity index (χ1v) is 12.0. The highest BCUT2D eigenvalue weighted by atomic mass is 35.5. The summed E-state index contributed by atoms with van der Waals surface area (Å²) in [4.78, 5) is 20.6. The molecular weight excluding hydrogens is 442 g/mol. The van der Waals surface area contributed by atoms with Gasteiger partial charge in [-0.1, -0.05) is 17.7 Å². The van der Waals surface area contributed by atoms with Gasteiger partial charge in [-0.2, -0.15) is 0 Å². The number of imidazole rings is 1. The molecule has 0 saturated heterocycles. The Kier molecular flexibility index (Phi) is 6.10. The summed E-state index contributed by atoms with van der Waals surface area (Å²) in [6, 6.07) is 12.0. The maximum Gasteiger partial charge on any atom is 0.212 e. The Morgan fingerprint density at radius 2 is 1.94 bits per heavy atom. The number of amides is 1. The van der Waals surface area contributed by atoms with E-state index in [0.29, 0.717) is 18.8 Å². The van der Waals surface area contributed by atoms with Crippen molar-refractivity contribution in [2.75, 3.05) is 10.6 Å². The van der Waals surface area contributed by atoms with Crippen molar-refractivity contribution in [3.63, 3.8) is 0 Å². The molecule has 32 heavy (non-hydrogen) atoms. The lowest BCUT2D eigenvalue weighted by atomic mass is 10.2. The van der Waals surface area contributed by atoms with E-state index in [-0.39, 0.29) is 0 Å². The predicted molar refractivity (Wildman–Crippen MR) is 130 cm³/mol. The van der Waals surface area contributed by atoms with E-state index in [1.54, 1.807) is 23.6 Å². The van der Waals surface area contributed by atoms with Gasteiger partial charge >= 0.3 is 0 Å². The predicted octanol–water partition coefficient (Wildman–Crippen LogP) is 6.07. The normalized spacial score (nSPS) is 15.2. The first kappa shape index (κ1) is 21.0. The Morgan fingerprint density at radius 1 is 1.09 bits per heavy atom. The molecule has 0 aromatic carbocycles. The average Bonchev–Trinajstić information content (AvgIpc) is 3.73. The number of hydrogen-bond donors (Lipinski definition) is 2. The molecule has 2 N–H and O–H groups in total. The highest BCUT2D eigenvalue weighted by Crippen LogP contribution is 2.44. The highest BCUT2D eigenvalue weighted by Gasteiger charge is 2.25. The Balaban J connectivity index is 0.000000199. The molecule has 0 radical (unpaired) electrons. The van der Waals surface area contributed by atoms with Crippen LogP contribution in [0.5, 0.6) is 0 Å². The summed E-state index contributed by atoms with van der Waals surface area (Å²) in [5, 5.41) is 5.84. The van der Waals surface area contributed by atoms with Gasteiger partial charge in [-0.25, -0.2) is 9.97 Å². The molecule has 2 fully saturated rings. The fourth-order valence-corrected chi connectivity index (χ4v) is 4.82. The summed E-state index contributed by atoms with van der Waals surface area (Å²) < 4.78 is 3.02. The minimum absolute atomic E-state index is 0.522. The van der Waals surface area contributed by atoms with Crippen molar-refractivity contribution in [1.29, 1.82) is 0 Å². The maximum atomic E-state index is 10.5. The van der Waals surface area contributed by atoms with Gasteiger partial charge in [0, 0.05) is 35.2 Å². The number of nitrogens with zero attached hydrogens (tertiary/aromatic N) is 3. The minimum Gasteiger partial charge on any atom is -0.379 e. The van der Waals surface area contributed by atoms with Gasteiger partial charge in [0.15, 0.2) is 0 Å². The van der Waals surface area contributed by atoms with Crippen molar-refractivity contribution in [3.05, 3.63) is 75.5 Å². The molecule has 164 valence electrons. The van der Waals surface area contributed by atoms with Gasteiger partial charge in [0.1, 0.15) is 11.5 Å². The Labute approximate surface area is 195 Å². The molecule has 4 heterocycles. The summed E-state index contributed by atoms with van der Waals surface area (Å²) in [5.74, 6) is 2.13. The number of hydrogen-bond acceptors (Lipinski definition) is 5. The number of fused-ring (bicyclic) bond motifs is 1. The van der Waals surface area contributed by atoms with Crippen molar-refractivity contribution in [1.82, 2.24) is 14.4 Å². The third-order valence-corrected chi connectivity index (χ3v) is 6.98. The molecule has 0 atom stereocenters. The van der Waals surface area contributed by atoms with Gasteiger partial charge in [0.25, 0.3) is 0 Å². The van der Waals surface area contributed by atoms with Gasteiger partial charge in [-0.05, 0) is 67.3 Å². The Hall–Kier alpha value is -2.90. The van der Waals surface area contributed by atoms with E-state index in [2.05, 4.69) is 55.6 Å². The zero-order chi connectivity index (χ0) is 21.9. The van der Waals surface area contributed by atoms with Gasteiger partial charge in [0.05, 0.1) is 16.6 Å². The topological polar surface area (TPSA) is 71.3 Å². The number of halogens is 1. The smallest absolute Gasteiger partial charge is 0.212 e. The van der Waals surface area contributed by atoms with Gasteiger partial charge in [0.2, 0.25) is 6.41 Å². The zero-order valence-corrected chi connectivity index (χ0v) is 19.1. The second-order valence-electron chi connectivity index (χ2n) is 8.20. The summed E-state index contributed by atoms with van der Waals surface area (Å²) >= 11 is 7.47. The van der Waals surface area contributed by atoms with Crippen LogP contribution in [0.1, 0.15) is 53.7 Å². The molecule has 6 rings (SSSR count). The lowest BCUT2D eigenvalue weighted by Crippen LogP contribution is -2.02. The minimum atomic E-state index is 0.522. The number of rotatable bonds is 7. The quantitative estimate of drug-likeness (QED) is 0.325. The maximum absolute atomic E-state index is 10.5. The lowest BCUT2D eigenvalue weighted by Gasteiger charge is -2.05. The van der Waals surface area contributed by atoms with Crippen molar-refractivity contribution >= 4 is 46.5 Å². The van der Waals surface area contributed by atoms with Gasteiger partial charge in [-0.3, -0.25) is 4.79 Å². The fraction of sp³-hybridized carbons (Fsp3) is 0.292. The van der Waals surface area contributed by atoms with Crippen LogP contribution in [0.2, 0.25) is 4.34 Å². The second kappa shape index (κ2) is 9.30. The number of aromatic nitrogens is 3. The molecule has 0 aliphatic heterocycles. The molecule has 8 heteroatoms. The molecule has 4 aromatic rings. The van der Waals surface area contributed by atoms with Crippen LogP contribution in [0.4, 0.5) is 11.5 Å². The number of nitrogens with one attached hydrogen (secondary N) is 2. The van der Waals surface area contributed by atoms with Gasteiger partial charge < -0.3 is 15.0 Å². The van der Waals surface area contributed by atoms with Crippen LogP contribution < -0.4 is 10.6 Å². The van der Waals surface area contributed by atoms with Crippen LogP contribution >= 0.6 is 22.9 Å². The third kappa shape index (κ3) is 5.29. The molecule has 1 amide bonds. The molecule has 0 spiro atoms. The first-order valence-electron chi connectivity index (χ1n) is 10.8. The molecular formula is C24H24ClN5OS. The van der Waals surface area contributed by atoms with E-state index in [4.69, 9.17) is 11.6 Å². The van der Waals surface area contributed by atoms with E-state index < -0.39 is 0 Å². The Morgan fingerprint density at radius 3 is 2.66 bits per heavy atom.